The first-order valence-electron chi connectivity index (χ1n) is 5.60. The van der Waals surface area contributed by atoms with Gasteiger partial charge in [0.2, 0.25) is 5.88 Å². The standard InChI is InChI=1S/C13H13BrN2O2/c1-8(2)13-15-11(17)7-12(16-13)18-10-6-4-3-5-9(10)14/h3-8H,1-2H3,(H,15,16,17). The third-order valence-corrected chi connectivity index (χ3v) is 2.99. The van der Waals surface area contributed by atoms with Crippen LogP contribution in [0, 0.1) is 0 Å². The zero-order valence-corrected chi connectivity index (χ0v) is 11.7. The predicted octanol–water partition coefficient (Wildman–Crippen LogP) is 3.45. The lowest BCUT2D eigenvalue weighted by molar-refractivity contribution is 0.453. The van der Waals surface area contributed by atoms with Crippen LogP contribution in [-0.2, 0) is 0 Å². The molecular weight excluding hydrogens is 296 g/mol. The van der Waals surface area contributed by atoms with Crippen molar-refractivity contribution in [2.45, 2.75) is 19.8 Å². The van der Waals surface area contributed by atoms with Crippen LogP contribution < -0.4 is 10.3 Å². The summed E-state index contributed by atoms with van der Waals surface area (Å²) in [5, 5.41) is 0. The first-order chi connectivity index (χ1) is 8.56. The molecule has 1 heterocycles. The fraction of sp³-hybridized carbons (Fsp3) is 0.231. The number of rotatable bonds is 3. The Bertz CT molecular complexity index is 608. The highest BCUT2D eigenvalue weighted by molar-refractivity contribution is 9.10. The van der Waals surface area contributed by atoms with Crippen molar-refractivity contribution in [2.75, 3.05) is 0 Å². The summed E-state index contributed by atoms with van der Waals surface area (Å²) >= 11 is 3.38. The molecule has 1 aromatic heterocycles. The van der Waals surface area contributed by atoms with Gasteiger partial charge in [-0.2, -0.15) is 4.98 Å². The molecule has 1 aromatic carbocycles. The van der Waals surface area contributed by atoms with Crippen molar-refractivity contribution in [3.8, 4) is 11.6 Å². The van der Waals surface area contributed by atoms with Gasteiger partial charge in [0.15, 0.2) is 0 Å². The van der Waals surface area contributed by atoms with Gasteiger partial charge < -0.3 is 9.72 Å². The normalized spacial score (nSPS) is 10.7. The second-order valence-electron chi connectivity index (χ2n) is 4.16. The highest BCUT2D eigenvalue weighted by atomic mass is 79.9. The van der Waals surface area contributed by atoms with Crippen molar-refractivity contribution in [1.82, 2.24) is 9.97 Å². The van der Waals surface area contributed by atoms with Crippen molar-refractivity contribution >= 4 is 15.9 Å². The first-order valence-corrected chi connectivity index (χ1v) is 6.39. The van der Waals surface area contributed by atoms with E-state index in [1.807, 2.05) is 38.1 Å². The second-order valence-corrected chi connectivity index (χ2v) is 5.01. The van der Waals surface area contributed by atoms with Crippen molar-refractivity contribution in [3.05, 3.63) is 51.0 Å². The highest BCUT2D eigenvalue weighted by Gasteiger charge is 2.08. The largest absolute Gasteiger partial charge is 0.438 e. The molecule has 94 valence electrons. The van der Waals surface area contributed by atoms with Gasteiger partial charge in [0.1, 0.15) is 11.6 Å². The van der Waals surface area contributed by atoms with E-state index in [-0.39, 0.29) is 11.5 Å². The summed E-state index contributed by atoms with van der Waals surface area (Å²) < 4.78 is 6.42. The SMILES string of the molecule is CC(C)c1nc(Oc2ccccc2Br)cc(=O)[nH]1. The number of hydrogen-bond donors (Lipinski definition) is 1. The Morgan fingerprint density at radius 1 is 1.33 bits per heavy atom. The van der Waals surface area contributed by atoms with E-state index in [2.05, 4.69) is 25.9 Å². The molecule has 2 aromatic rings. The van der Waals surface area contributed by atoms with Crippen molar-refractivity contribution in [3.63, 3.8) is 0 Å². The topological polar surface area (TPSA) is 55.0 Å². The van der Waals surface area contributed by atoms with E-state index < -0.39 is 0 Å². The number of nitrogens with zero attached hydrogens (tertiary/aromatic N) is 1. The lowest BCUT2D eigenvalue weighted by Gasteiger charge is -2.09. The van der Waals surface area contributed by atoms with Gasteiger partial charge >= 0.3 is 0 Å². The van der Waals surface area contributed by atoms with E-state index in [0.717, 1.165) is 4.47 Å². The summed E-state index contributed by atoms with van der Waals surface area (Å²) in [6.45, 7) is 3.92. The van der Waals surface area contributed by atoms with Gasteiger partial charge in [-0.05, 0) is 28.1 Å². The minimum atomic E-state index is -0.212. The molecule has 0 bridgehead atoms. The van der Waals surface area contributed by atoms with Gasteiger partial charge in [0.25, 0.3) is 5.56 Å². The van der Waals surface area contributed by atoms with E-state index in [9.17, 15) is 4.79 Å². The molecule has 0 atom stereocenters. The Morgan fingerprint density at radius 3 is 2.72 bits per heavy atom. The number of ether oxygens (including phenoxy) is 1. The minimum Gasteiger partial charge on any atom is -0.438 e. The monoisotopic (exact) mass is 308 g/mol. The first kappa shape index (κ1) is 12.8. The summed E-state index contributed by atoms with van der Waals surface area (Å²) in [6.07, 6.45) is 0. The lowest BCUT2D eigenvalue weighted by Crippen LogP contribution is -2.11. The van der Waals surface area contributed by atoms with Crippen molar-refractivity contribution in [2.24, 2.45) is 0 Å². The van der Waals surface area contributed by atoms with Crippen LogP contribution >= 0.6 is 15.9 Å². The fourth-order valence-corrected chi connectivity index (χ4v) is 1.78. The summed E-state index contributed by atoms with van der Waals surface area (Å²) in [4.78, 5) is 18.5. The molecular formula is C13H13BrN2O2. The van der Waals surface area contributed by atoms with Crippen LogP contribution in [0.5, 0.6) is 11.6 Å². The van der Waals surface area contributed by atoms with Gasteiger partial charge in [-0.3, -0.25) is 4.79 Å². The number of H-pyrrole nitrogens is 1. The van der Waals surface area contributed by atoms with Crippen LogP contribution in [0.4, 0.5) is 0 Å². The maximum atomic E-state index is 11.5. The molecule has 0 unspecified atom stereocenters. The number of para-hydroxylation sites is 1. The van der Waals surface area contributed by atoms with Gasteiger partial charge in [0.05, 0.1) is 10.5 Å². The molecule has 0 saturated heterocycles. The van der Waals surface area contributed by atoms with Gasteiger partial charge in [0, 0.05) is 5.92 Å². The average Bonchev–Trinajstić information content (AvgIpc) is 2.31. The Morgan fingerprint density at radius 2 is 2.06 bits per heavy atom. The van der Waals surface area contributed by atoms with Crippen LogP contribution in [-0.4, -0.2) is 9.97 Å². The van der Waals surface area contributed by atoms with Crippen LogP contribution in [0.15, 0.2) is 39.6 Å². The van der Waals surface area contributed by atoms with Crippen LogP contribution in [0.2, 0.25) is 0 Å². The summed E-state index contributed by atoms with van der Waals surface area (Å²) in [5.74, 6) is 1.68. The Kier molecular flexibility index (Phi) is 3.81. The van der Waals surface area contributed by atoms with E-state index in [1.165, 1.54) is 6.07 Å². The van der Waals surface area contributed by atoms with E-state index >= 15 is 0 Å². The molecule has 0 amide bonds. The van der Waals surface area contributed by atoms with Crippen molar-refractivity contribution < 1.29 is 4.74 Å². The minimum absolute atomic E-state index is 0.139. The number of aromatic nitrogens is 2. The molecule has 0 fully saturated rings. The number of aromatic amines is 1. The molecule has 5 heteroatoms. The fourth-order valence-electron chi connectivity index (χ4n) is 1.42. The number of benzene rings is 1. The molecule has 0 aliphatic rings. The summed E-state index contributed by atoms with van der Waals surface area (Å²) in [6, 6.07) is 8.76. The van der Waals surface area contributed by atoms with Gasteiger partial charge in [-0.1, -0.05) is 26.0 Å². The van der Waals surface area contributed by atoms with E-state index in [0.29, 0.717) is 17.5 Å². The highest BCUT2D eigenvalue weighted by Crippen LogP contribution is 2.27. The average molecular weight is 309 g/mol. The molecule has 0 spiro atoms. The molecule has 2 rings (SSSR count). The third-order valence-electron chi connectivity index (χ3n) is 2.33. The third kappa shape index (κ3) is 2.98. The van der Waals surface area contributed by atoms with E-state index in [1.54, 1.807) is 0 Å². The van der Waals surface area contributed by atoms with E-state index in [4.69, 9.17) is 4.74 Å². The molecule has 4 nitrogen and oxygen atoms in total. The zero-order chi connectivity index (χ0) is 13.1. The zero-order valence-electron chi connectivity index (χ0n) is 10.1. The Hall–Kier alpha value is -1.62. The summed E-state index contributed by atoms with van der Waals surface area (Å²) in [7, 11) is 0. The summed E-state index contributed by atoms with van der Waals surface area (Å²) in [5.41, 5.74) is -0.212. The molecule has 1 N–H and O–H groups in total. The van der Waals surface area contributed by atoms with Crippen molar-refractivity contribution in [1.29, 1.82) is 0 Å². The lowest BCUT2D eigenvalue weighted by atomic mass is 10.2. The Labute approximate surface area is 113 Å². The number of hydrogen-bond acceptors (Lipinski definition) is 3. The van der Waals surface area contributed by atoms with Crippen LogP contribution in [0.3, 0.4) is 0 Å². The van der Waals surface area contributed by atoms with Gasteiger partial charge in [-0.25, -0.2) is 0 Å². The molecule has 0 radical (unpaired) electrons. The molecule has 18 heavy (non-hydrogen) atoms. The maximum Gasteiger partial charge on any atom is 0.254 e. The number of halogens is 1. The van der Waals surface area contributed by atoms with Gasteiger partial charge in [-0.15, -0.1) is 0 Å². The molecule has 0 aliphatic carbocycles. The predicted molar refractivity (Wildman–Crippen MR) is 73.2 cm³/mol. The van der Waals surface area contributed by atoms with Crippen LogP contribution in [0.1, 0.15) is 25.6 Å². The Balaban J connectivity index is 2.35. The smallest absolute Gasteiger partial charge is 0.254 e. The maximum absolute atomic E-state index is 11.5. The quantitative estimate of drug-likeness (QED) is 0.945. The number of nitrogens with one attached hydrogen (secondary N) is 1. The van der Waals surface area contributed by atoms with Crippen LogP contribution in [0.25, 0.3) is 0 Å². The molecule has 0 saturated carbocycles. The molecule has 0 aliphatic heterocycles. The second kappa shape index (κ2) is 5.35.